The molecule has 0 aliphatic carbocycles. The van der Waals surface area contributed by atoms with Crippen LogP contribution < -0.4 is 15.6 Å². The molecule has 1 aromatic heterocycles. The Morgan fingerprint density at radius 2 is 1.76 bits per heavy atom. The second-order valence-corrected chi connectivity index (χ2v) is 7.31. The van der Waals surface area contributed by atoms with Crippen LogP contribution in [0.4, 0.5) is 5.69 Å². The van der Waals surface area contributed by atoms with Gasteiger partial charge in [0.05, 0.1) is 5.69 Å². The van der Waals surface area contributed by atoms with Crippen LogP contribution in [0.15, 0.2) is 53.3 Å². The molecule has 0 bridgehead atoms. The van der Waals surface area contributed by atoms with Crippen LogP contribution in [0.1, 0.15) is 23.6 Å². The fourth-order valence-corrected chi connectivity index (χ4v) is 2.83. The fourth-order valence-electron chi connectivity index (χ4n) is 2.65. The van der Waals surface area contributed by atoms with Gasteiger partial charge in [-0.3, -0.25) is 9.59 Å². The normalized spacial score (nSPS) is 11.8. The van der Waals surface area contributed by atoms with Crippen molar-refractivity contribution in [3.05, 3.63) is 80.6 Å². The van der Waals surface area contributed by atoms with E-state index in [4.69, 9.17) is 16.3 Å². The summed E-state index contributed by atoms with van der Waals surface area (Å²) < 4.78 is 6.91. The summed E-state index contributed by atoms with van der Waals surface area (Å²) >= 11 is 6.09. The van der Waals surface area contributed by atoms with Gasteiger partial charge in [0, 0.05) is 22.8 Å². The van der Waals surface area contributed by atoms with Crippen LogP contribution in [0.3, 0.4) is 0 Å². The summed E-state index contributed by atoms with van der Waals surface area (Å²) in [7, 11) is 0. The monoisotopic (exact) mass is 411 g/mol. The van der Waals surface area contributed by atoms with Crippen molar-refractivity contribution in [1.82, 2.24) is 9.78 Å². The molecule has 3 aromatic rings. The Morgan fingerprint density at radius 3 is 2.45 bits per heavy atom. The van der Waals surface area contributed by atoms with E-state index in [0.29, 0.717) is 16.4 Å². The van der Waals surface area contributed by atoms with Gasteiger partial charge in [-0.25, -0.2) is 0 Å². The average Bonchev–Trinajstić information content (AvgIpc) is 2.68. The summed E-state index contributed by atoms with van der Waals surface area (Å²) in [5, 5.41) is 7.57. The molecule has 0 unspecified atom stereocenters. The van der Waals surface area contributed by atoms with E-state index in [0.717, 1.165) is 16.7 Å². The van der Waals surface area contributed by atoms with Crippen molar-refractivity contribution in [1.29, 1.82) is 0 Å². The predicted molar refractivity (Wildman–Crippen MR) is 114 cm³/mol. The average molecular weight is 412 g/mol. The third kappa shape index (κ3) is 4.84. The summed E-state index contributed by atoms with van der Waals surface area (Å²) in [6.45, 7) is 7.46. The summed E-state index contributed by atoms with van der Waals surface area (Å²) in [4.78, 5) is 24.7. The number of benzene rings is 2. The van der Waals surface area contributed by atoms with E-state index >= 15 is 0 Å². The van der Waals surface area contributed by atoms with Crippen LogP contribution >= 0.6 is 11.6 Å². The number of amides is 1. The standard InChI is InChI=1S/C22H22ClN3O3/c1-13-6-8-18(11-15(13)3)26-21(27)10-9-20(25-26)29-16(4)22(28)24-17-7-5-14(2)19(23)12-17/h5-12,16H,1-4H3,(H,24,28)/t16-/m0/s1. The van der Waals surface area contributed by atoms with Gasteiger partial charge in [-0.2, -0.15) is 4.68 Å². The van der Waals surface area contributed by atoms with Crippen LogP contribution in [-0.4, -0.2) is 21.8 Å². The number of carbonyl (C=O) groups excluding carboxylic acids is 1. The molecule has 0 aliphatic heterocycles. The molecule has 0 radical (unpaired) electrons. The van der Waals surface area contributed by atoms with Gasteiger partial charge in [0.25, 0.3) is 11.5 Å². The van der Waals surface area contributed by atoms with Crippen LogP contribution in [0.5, 0.6) is 5.88 Å². The molecule has 2 aromatic carbocycles. The van der Waals surface area contributed by atoms with E-state index in [9.17, 15) is 9.59 Å². The second-order valence-electron chi connectivity index (χ2n) is 6.90. The minimum Gasteiger partial charge on any atom is -0.463 e. The molecule has 1 heterocycles. The van der Waals surface area contributed by atoms with Crippen molar-refractivity contribution in [3.8, 4) is 11.6 Å². The molecule has 1 amide bonds. The van der Waals surface area contributed by atoms with E-state index < -0.39 is 6.10 Å². The molecule has 7 heteroatoms. The molecule has 0 fully saturated rings. The van der Waals surface area contributed by atoms with E-state index in [-0.39, 0.29) is 17.3 Å². The first-order chi connectivity index (χ1) is 13.7. The lowest BCUT2D eigenvalue weighted by molar-refractivity contribution is -0.122. The van der Waals surface area contributed by atoms with Crippen molar-refractivity contribution in [2.75, 3.05) is 5.32 Å². The number of aryl methyl sites for hydroxylation is 3. The van der Waals surface area contributed by atoms with Gasteiger partial charge in [0.1, 0.15) is 0 Å². The number of halogens is 1. The van der Waals surface area contributed by atoms with Gasteiger partial charge < -0.3 is 10.1 Å². The SMILES string of the molecule is Cc1ccc(-n2nc(O[C@@H](C)C(=O)Nc3ccc(C)c(Cl)c3)ccc2=O)cc1C. The number of hydrogen-bond donors (Lipinski definition) is 1. The van der Waals surface area contributed by atoms with E-state index in [1.165, 1.54) is 16.8 Å². The summed E-state index contributed by atoms with van der Waals surface area (Å²) in [6.07, 6.45) is -0.826. The number of carbonyl (C=O) groups is 1. The molecule has 1 atom stereocenters. The zero-order valence-electron chi connectivity index (χ0n) is 16.7. The maximum Gasteiger partial charge on any atom is 0.271 e. The molecular formula is C22H22ClN3O3. The maximum absolute atomic E-state index is 12.4. The summed E-state index contributed by atoms with van der Waals surface area (Å²) in [5.74, 6) is -0.178. The largest absolute Gasteiger partial charge is 0.463 e. The van der Waals surface area contributed by atoms with Gasteiger partial charge in [0.2, 0.25) is 5.88 Å². The number of nitrogens with zero attached hydrogens (tertiary/aromatic N) is 2. The van der Waals surface area contributed by atoms with Crippen LogP contribution in [0.25, 0.3) is 5.69 Å². The molecule has 0 saturated carbocycles. The Hall–Kier alpha value is -3.12. The van der Waals surface area contributed by atoms with E-state index in [1.807, 2.05) is 45.0 Å². The Balaban J connectivity index is 1.77. The highest BCUT2D eigenvalue weighted by atomic mass is 35.5. The second kappa shape index (κ2) is 8.49. The van der Waals surface area contributed by atoms with Gasteiger partial charge in [-0.15, -0.1) is 5.10 Å². The van der Waals surface area contributed by atoms with Crippen LogP contribution in [-0.2, 0) is 4.79 Å². The molecule has 1 N–H and O–H groups in total. The topological polar surface area (TPSA) is 73.2 Å². The van der Waals surface area contributed by atoms with Crippen molar-refractivity contribution in [3.63, 3.8) is 0 Å². The predicted octanol–water partition coefficient (Wildman–Crippen LogP) is 4.22. The summed E-state index contributed by atoms with van der Waals surface area (Å²) in [5.41, 5.74) is 4.02. The molecular weight excluding hydrogens is 390 g/mol. The van der Waals surface area contributed by atoms with Gasteiger partial charge >= 0.3 is 0 Å². The zero-order chi connectivity index (χ0) is 21.1. The zero-order valence-corrected chi connectivity index (χ0v) is 17.4. The lowest BCUT2D eigenvalue weighted by Crippen LogP contribution is -2.31. The Bertz CT molecular complexity index is 1120. The molecule has 29 heavy (non-hydrogen) atoms. The van der Waals surface area contributed by atoms with Gasteiger partial charge in [-0.1, -0.05) is 23.7 Å². The van der Waals surface area contributed by atoms with E-state index in [2.05, 4.69) is 10.4 Å². The van der Waals surface area contributed by atoms with E-state index in [1.54, 1.807) is 19.1 Å². The molecule has 0 aliphatic rings. The lowest BCUT2D eigenvalue weighted by atomic mass is 10.1. The quantitative estimate of drug-likeness (QED) is 0.682. The minimum atomic E-state index is -0.826. The lowest BCUT2D eigenvalue weighted by Gasteiger charge is -2.15. The maximum atomic E-state index is 12.4. The van der Waals surface area contributed by atoms with Crippen molar-refractivity contribution in [2.24, 2.45) is 0 Å². The highest BCUT2D eigenvalue weighted by molar-refractivity contribution is 6.31. The highest BCUT2D eigenvalue weighted by Crippen LogP contribution is 2.20. The van der Waals surface area contributed by atoms with Crippen molar-refractivity contribution >= 4 is 23.2 Å². The first-order valence-corrected chi connectivity index (χ1v) is 9.54. The summed E-state index contributed by atoms with van der Waals surface area (Å²) in [6, 6.07) is 13.7. The first kappa shape index (κ1) is 20.6. The number of rotatable bonds is 5. The molecule has 3 rings (SSSR count). The Labute approximate surface area is 174 Å². The van der Waals surface area contributed by atoms with Crippen LogP contribution in [0, 0.1) is 20.8 Å². The van der Waals surface area contributed by atoms with Crippen molar-refractivity contribution in [2.45, 2.75) is 33.8 Å². The third-order valence-corrected chi connectivity index (χ3v) is 5.02. The Morgan fingerprint density at radius 1 is 1.03 bits per heavy atom. The van der Waals surface area contributed by atoms with Crippen LogP contribution in [0.2, 0.25) is 5.02 Å². The molecule has 150 valence electrons. The fraction of sp³-hybridized carbons (Fsp3) is 0.227. The Kier molecular flexibility index (Phi) is 6.03. The smallest absolute Gasteiger partial charge is 0.271 e. The number of hydrogen-bond acceptors (Lipinski definition) is 4. The van der Waals surface area contributed by atoms with Gasteiger partial charge in [-0.05, 0) is 68.7 Å². The highest BCUT2D eigenvalue weighted by Gasteiger charge is 2.17. The minimum absolute atomic E-state index is 0.174. The molecule has 0 saturated heterocycles. The first-order valence-electron chi connectivity index (χ1n) is 9.16. The molecule has 0 spiro atoms. The number of aromatic nitrogens is 2. The number of ether oxygens (including phenoxy) is 1. The number of nitrogens with one attached hydrogen (secondary N) is 1. The van der Waals surface area contributed by atoms with Crippen molar-refractivity contribution < 1.29 is 9.53 Å². The molecule has 6 nitrogen and oxygen atoms in total. The van der Waals surface area contributed by atoms with Gasteiger partial charge in [0.15, 0.2) is 6.10 Å². The third-order valence-electron chi connectivity index (χ3n) is 4.62. The number of anilines is 1.